The van der Waals surface area contributed by atoms with Gasteiger partial charge in [-0.3, -0.25) is 14.5 Å². The number of hydrogen-bond acceptors (Lipinski definition) is 5. The molecule has 1 aliphatic heterocycles. The quantitative estimate of drug-likeness (QED) is 0.667. The monoisotopic (exact) mass is 392 g/mol. The lowest BCUT2D eigenvalue weighted by Crippen LogP contribution is -2.47. The Balaban J connectivity index is 0.00000288. The standard InChI is InChI=1S/C16H24N4O3.2ClH/c1-2-20-9-10-23-14(11-20)16(22)19-13-6-4-3-5-12(13)15(21)18-8-7-17;;/h3-6,14H,2,7-11,17H2,1H3,(H,18,21)(H,19,22);2*1H. The molecule has 1 aliphatic rings. The van der Waals surface area contributed by atoms with Crippen molar-refractivity contribution in [2.24, 2.45) is 5.73 Å². The second-order valence-corrected chi connectivity index (χ2v) is 5.33. The van der Waals surface area contributed by atoms with Crippen molar-refractivity contribution in [3.63, 3.8) is 0 Å². The lowest BCUT2D eigenvalue weighted by Gasteiger charge is -2.31. The zero-order chi connectivity index (χ0) is 16.7. The summed E-state index contributed by atoms with van der Waals surface area (Å²) < 4.78 is 5.54. The fourth-order valence-electron chi connectivity index (χ4n) is 2.43. The first kappa shape index (κ1) is 23.6. The van der Waals surface area contributed by atoms with E-state index in [9.17, 15) is 9.59 Å². The van der Waals surface area contributed by atoms with E-state index in [1.54, 1.807) is 24.3 Å². The summed E-state index contributed by atoms with van der Waals surface area (Å²) in [6.07, 6.45) is -0.524. The first-order valence-electron chi connectivity index (χ1n) is 7.87. The molecule has 0 aromatic heterocycles. The van der Waals surface area contributed by atoms with Crippen LogP contribution in [0.2, 0.25) is 0 Å². The van der Waals surface area contributed by atoms with Crippen LogP contribution < -0.4 is 16.4 Å². The van der Waals surface area contributed by atoms with Gasteiger partial charge in [-0.2, -0.15) is 0 Å². The summed E-state index contributed by atoms with van der Waals surface area (Å²) in [6, 6.07) is 6.90. The Bertz CT molecular complexity index is 560. The number of para-hydroxylation sites is 1. The molecular formula is C16H26Cl2N4O3. The van der Waals surface area contributed by atoms with E-state index < -0.39 is 6.10 Å². The molecular weight excluding hydrogens is 367 g/mol. The molecule has 9 heteroatoms. The van der Waals surface area contributed by atoms with Crippen LogP contribution in [0.5, 0.6) is 0 Å². The lowest BCUT2D eigenvalue weighted by atomic mass is 10.1. The summed E-state index contributed by atoms with van der Waals surface area (Å²) in [4.78, 5) is 26.7. The highest BCUT2D eigenvalue weighted by atomic mass is 35.5. The van der Waals surface area contributed by atoms with E-state index in [1.165, 1.54) is 0 Å². The number of anilines is 1. The molecule has 1 unspecified atom stereocenters. The first-order valence-corrected chi connectivity index (χ1v) is 7.87. The maximum atomic E-state index is 12.4. The first-order chi connectivity index (χ1) is 11.2. The molecule has 4 N–H and O–H groups in total. The van der Waals surface area contributed by atoms with Crippen molar-refractivity contribution in [1.82, 2.24) is 10.2 Å². The van der Waals surface area contributed by atoms with Crippen LogP contribution in [0.3, 0.4) is 0 Å². The maximum absolute atomic E-state index is 12.4. The number of nitrogens with one attached hydrogen (secondary N) is 2. The third-order valence-electron chi connectivity index (χ3n) is 3.75. The maximum Gasteiger partial charge on any atom is 0.254 e. The summed E-state index contributed by atoms with van der Waals surface area (Å²) in [6.45, 7) is 5.61. The molecule has 0 saturated carbocycles. The van der Waals surface area contributed by atoms with E-state index in [2.05, 4.69) is 22.5 Å². The van der Waals surface area contributed by atoms with Crippen molar-refractivity contribution in [3.8, 4) is 0 Å². The Morgan fingerprint density at radius 3 is 2.72 bits per heavy atom. The molecule has 1 fully saturated rings. The van der Waals surface area contributed by atoms with E-state index in [0.717, 1.165) is 13.1 Å². The minimum absolute atomic E-state index is 0. The van der Waals surface area contributed by atoms with Gasteiger partial charge in [-0.15, -0.1) is 24.8 Å². The molecule has 1 aromatic rings. The zero-order valence-electron chi connectivity index (χ0n) is 14.2. The molecule has 1 heterocycles. The van der Waals surface area contributed by atoms with E-state index in [4.69, 9.17) is 10.5 Å². The summed E-state index contributed by atoms with van der Waals surface area (Å²) in [5.41, 5.74) is 6.28. The van der Waals surface area contributed by atoms with Gasteiger partial charge in [0, 0.05) is 26.2 Å². The van der Waals surface area contributed by atoms with E-state index in [-0.39, 0.29) is 36.6 Å². The highest BCUT2D eigenvalue weighted by Crippen LogP contribution is 2.16. The molecule has 142 valence electrons. The number of halogens is 2. The van der Waals surface area contributed by atoms with Crippen LogP contribution in [0.1, 0.15) is 17.3 Å². The predicted octanol–water partition coefficient (Wildman–Crippen LogP) is 0.878. The molecule has 7 nitrogen and oxygen atoms in total. The number of amides is 2. The average molecular weight is 393 g/mol. The molecule has 0 aliphatic carbocycles. The molecule has 1 aromatic carbocycles. The summed E-state index contributed by atoms with van der Waals surface area (Å²) in [5.74, 6) is -0.492. The Morgan fingerprint density at radius 2 is 2.04 bits per heavy atom. The zero-order valence-corrected chi connectivity index (χ0v) is 15.8. The van der Waals surface area contributed by atoms with Crippen molar-refractivity contribution in [3.05, 3.63) is 29.8 Å². The van der Waals surface area contributed by atoms with Gasteiger partial charge in [-0.1, -0.05) is 19.1 Å². The van der Waals surface area contributed by atoms with Crippen molar-refractivity contribution >= 4 is 42.3 Å². The van der Waals surface area contributed by atoms with Crippen molar-refractivity contribution < 1.29 is 14.3 Å². The normalized spacial score (nSPS) is 17.0. The number of carbonyl (C=O) groups is 2. The Kier molecular flexibility index (Phi) is 11.4. The molecule has 1 atom stereocenters. The second kappa shape index (κ2) is 12.1. The molecule has 0 bridgehead atoms. The molecule has 0 radical (unpaired) electrons. The number of morpholine rings is 1. The minimum Gasteiger partial charge on any atom is -0.366 e. The van der Waals surface area contributed by atoms with Crippen molar-refractivity contribution in [2.75, 3.05) is 44.6 Å². The van der Waals surface area contributed by atoms with Crippen LogP contribution >= 0.6 is 24.8 Å². The molecule has 0 spiro atoms. The lowest BCUT2D eigenvalue weighted by molar-refractivity contribution is -0.132. The number of ether oxygens (including phenoxy) is 1. The second-order valence-electron chi connectivity index (χ2n) is 5.33. The van der Waals surface area contributed by atoms with Gasteiger partial charge in [-0.25, -0.2) is 0 Å². The van der Waals surface area contributed by atoms with Crippen LogP contribution in [0, 0.1) is 0 Å². The fourth-order valence-corrected chi connectivity index (χ4v) is 2.43. The van der Waals surface area contributed by atoms with Gasteiger partial charge in [-0.05, 0) is 18.7 Å². The Morgan fingerprint density at radius 1 is 1.32 bits per heavy atom. The highest BCUT2D eigenvalue weighted by molar-refractivity contribution is 6.04. The largest absolute Gasteiger partial charge is 0.366 e. The van der Waals surface area contributed by atoms with Crippen LogP contribution in [0.4, 0.5) is 5.69 Å². The van der Waals surface area contributed by atoms with Crippen molar-refractivity contribution in [1.29, 1.82) is 0 Å². The Labute approximate surface area is 160 Å². The summed E-state index contributed by atoms with van der Waals surface area (Å²) in [5, 5.41) is 5.50. The number of carbonyl (C=O) groups excluding carboxylic acids is 2. The summed E-state index contributed by atoms with van der Waals surface area (Å²) in [7, 11) is 0. The van der Waals surface area contributed by atoms with Crippen LogP contribution in [-0.2, 0) is 9.53 Å². The number of hydrogen-bond donors (Lipinski definition) is 3. The van der Waals surface area contributed by atoms with E-state index in [0.29, 0.717) is 37.5 Å². The van der Waals surface area contributed by atoms with Gasteiger partial charge >= 0.3 is 0 Å². The third-order valence-corrected chi connectivity index (χ3v) is 3.75. The van der Waals surface area contributed by atoms with Crippen molar-refractivity contribution in [2.45, 2.75) is 13.0 Å². The molecule has 25 heavy (non-hydrogen) atoms. The van der Waals surface area contributed by atoms with E-state index in [1.807, 2.05) is 0 Å². The smallest absolute Gasteiger partial charge is 0.254 e. The van der Waals surface area contributed by atoms with Gasteiger partial charge in [0.1, 0.15) is 6.10 Å². The third kappa shape index (κ3) is 6.80. The molecule has 2 amide bonds. The van der Waals surface area contributed by atoms with Gasteiger partial charge in [0.25, 0.3) is 11.8 Å². The van der Waals surface area contributed by atoms with Gasteiger partial charge in [0.05, 0.1) is 17.9 Å². The number of likely N-dealkylation sites (N-methyl/N-ethyl adjacent to an activating group) is 1. The topological polar surface area (TPSA) is 96.7 Å². The predicted molar refractivity (Wildman–Crippen MR) is 103 cm³/mol. The fraction of sp³-hybridized carbons (Fsp3) is 0.500. The van der Waals surface area contributed by atoms with Crippen LogP contribution in [0.15, 0.2) is 24.3 Å². The minimum atomic E-state index is -0.524. The van der Waals surface area contributed by atoms with E-state index >= 15 is 0 Å². The Hall–Kier alpha value is -1.38. The van der Waals surface area contributed by atoms with Gasteiger partial charge < -0.3 is 21.1 Å². The van der Waals surface area contributed by atoms with Gasteiger partial charge in [0.2, 0.25) is 0 Å². The van der Waals surface area contributed by atoms with Gasteiger partial charge in [0.15, 0.2) is 0 Å². The number of nitrogens with zero attached hydrogens (tertiary/aromatic N) is 1. The number of nitrogens with two attached hydrogens (primary N) is 1. The number of benzene rings is 1. The highest BCUT2D eigenvalue weighted by Gasteiger charge is 2.26. The average Bonchev–Trinajstić information content (AvgIpc) is 2.60. The van der Waals surface area contributed by atoms with Crippen LogP contribution in [-0.4, -0.2) is 62.1 Å². The molecule has 1 saturated heterocycles. The number of rotatable bonds is 6. The SMILES string of the molecule is CCN1CCOC(C(=O)Nc2ccccc2C(=O)NCCN)C1.Cl.Cl. The molecule has 2 rings (SSSR count). The summed E-state index contributed by atoms with van der Waals surface area (Å²) >= 11 is 0. The van der Waals surface area contributed by atoms with Crippen LogP contribution in [0.25, 0.3) is 0 Å².